The minimum Gasteiger partial charge on any atom is -0.479 e. The van der Waals surface area contributed by atoms with Crippen LogP contribution < -0.4 is 0 Å². The van der Waals surface area contributed by atoms with E-state index in [1.54, 1.807) is 0 Å². The maximum absolute atomic E-state index is 13.1. The van der Waals surface area contributed by atoms with E-state index in [1.807, 2.05) is 12.2 Å². The molecule has 1 heterocycles. The molecule has 79 heavy (non-hydrogen) atoms. The van der Waals surface area contributed by atoms with E-state index in [1.165, 1.54) is 57.8 Å². The number of allylic oxidation sites excluding steroid dienone is 20. The van der Waals surface area contributed by atoms with Crippen molar-refractivity contribution in [2.24, 2.45) is 0 Å². The van der Waals surface area contributed by atoms with Crippen LogP contribution in [-0.4, -0.2) is 89.2 Å². The van der Waals surface area contributed by atoms with Crippen LogP contribution in [0, 0.1) is 0 Å². The van der Waals surface area contributed by atoms with Gasteiger partial charge in [0, 0.05) is 19.3 Å². The van der Waals surface area contributed by atoms with Crippen LogP contribution in [0.5, 0.6) is 0 Å². The number of carboxylic acid groups (broad SMARTS) is 1. The van der Waals surface area contributed by atoms with Crippen molar-refractivity contribution >= 4 is 23.9 Å². The number of aliphatic hydroxyl groups excluding tert-OH is 2. The van der Waals surface area contributed by atoms with Gasteiger partial charge in [0.05, 0.1) is 6.61 Å². The van der Waals surface area contributed by atoms with Gasteiger partial charge in [-0.25, -0.2) is 4.79 Å². The summed E-state index contributed by atoms with van der Waals surface area (Å²) in [5, 5.41) is 31.5. The molecule has 1 aliphatic heterocycles. The molecule has 3 N–H and O–H groups in total. The second kappa shape index (κ2) is 53.7. The first kappa shape index (κ1) is 72.1. The fraction of sp³-hybridized carbons (Fsp3) is 0.642. The molecule has 1 aliphatic rings. The Morgan fingerprint density at radius 2 is 0.823 bits per heavy atom. The molecule has 0 aliphatic carbocycles. The van der Waals surface area contributed by atoms with Crippen LogP contribution in [0.25, 0.3) is 0 Å². The van der Waals surface area contributed by atoms with E-state index >= 15 is 0 Å². The summed E-state index contributed by atoms with van der Waals surface area (Å²) in [6.45, 7) is 5.66. The molecule has 0 radical (unpaired) electrons. The molecule has 0 saturated carbocycles. The second-order valence-electron chi connectivity index (χ2n) is 20.2. The minimum absolute atomic E-state index is 0.0179. The fourth-order valence-electron chi connectivity index (χ4n) is 8.40. The number of ether oxygens (including phenoxy) is 5. The highest BCUT2D eigenvalue weighted by molar-refractivity contribution is 5.74. The Morgan fingerprint density at radius 3 is 1.27 bits per heavy atom. The Morgan fingerprint density at radius 1 is 0.430 bits per heavy atom. The van der Waals surface area contributed by atoms with Gasteiger partial charge >= 0.3 is 23.9 Å². The average Bonchev–Trinajstić information content (AvgIpc) is 3.46. The molecule has 12 nitrogen and oxygen atoms in total. The molecule has 0 aromatic rings. The highest BCUT2D eigenvalue weighted by Gasteiger charge is 2.50. The summed E-state index contributed by atoms with van der Waals surface area (Å²) in [4.78, 5) is 51.2. The van der Waals surface area contributed by atoms with Gasteiger partial charge in [0.2, 0.25) is 0 Å². The van der Waals surface area contributed by atoms with Crippen LogP contribution >= 0.6 is 0 Å². The summed E-state index contributed by atoms with van der Waals surface area (Å²) < 4.78 is 28.3. The number of carboxylic acids is 1. The number of rotatable bonds is 50. The van der Waals surface area contributed by atoms with E-state index in [9.17, 15) is 34.5 Å². The van der Waals surface area contributed by atoms with Crippen LogP contribution in [0.15, 0.2) is 122 Å². The molecule has 6 atom stereocenters. The quantitative estimate of drug-likeness (QED) is 0.0228. The third-order valence-electron chi connectivity index (χ3n) is 13.0. The molecule has 0 spiro atoms. The predicted molar refractivity (Wildman–Crippen MR) is 321 cm³/mol. The Balaban J connectivity index is 2.71. The first-order valence-electron chi connectivity index (χ1n) is 30.5. The highest BCUT2D eigenvalue weighted by Crippen LogP contribution is 2.26. The van der Waals surface area contributed by atoms with E-state index in [-0.39, 0.29) is 25.9 Å². The van der Waals surface area contributed by atoms with E-state index in [0.717, 1.165) is 103 Å². The number of unbranched alkanes of at least 4 members (excludes halogenated alkanes) is 16. The van der Waals surface area contributed by atoms with Gasteiger partial charge in [0.1, 0.15) is 18.8 Å². The number of aliphatic carboxylic acids is 1. The molecule has 0 aromatic carbocycles. The van der Waals surface area contributed by atoms with Crippen molar-refractivity contribution in [3.8, 4) is 0 Å². The van der Waals surface area contributed by atoms with Crippen molar-refractivity contribution < 1.29 is 58.2 Å². The van der Waals surface area contributed by atoms with Gasteiger partial charge in [-0.05, 0) is 116 Å². The van der Waals surface area contributed by atoms with Crippen LogP contribution in [0.3, 0.4) is 0 Å². The Bertz CT molecular complexity index is 1840. The molecule has 446 valence electrons. The lowest BCUT2D eigenvalue weighted by atomic mass is 9.98. The van der Waals surface area contributed by atoms with Gasteiger partial charge < -0.3 is 39.0 Å². The number of hydrogen-bond acceptors (Lipinski definition) is 11. The number of aliphatic hydroxyl groups is 2. The zero-order valence-electron chi connectivity index (χ0n) is 49.1. The van der Waals surface area contributed by atoms with Gasteiger partial charge in [-0.15, -0.1) is 0 Å². The van der Waals surface area contributed by atoms with Crippen molar-refractivity contribution in [1.82, 2.24) is 0 Å². The lowest BCUT2D eigenvalue weighted by Gasteiger charge is -2.40. The first-order valence-corrected chi connectivity index (χ1v) is 30.5. The third-order valence-corrected chi connectivity index (χ3v) is 13.0. The normalized spacial score (nSPS) is 18.7. The molecule has 0 aromatic heterocycles. The maximum Gasteiger partial charge on any atom is 0.335 e. The van der Waals surface area contributed by atoms with Crippen molar-refractivity contribution in [2.75, 3.05) is 13.2 Å². The van der Waals surface area contributed by atoms with Crippen molar-refractivity contribution in [1.29, 1.82) is 0 Å². The average molecular weight is 1100 g/mol. The fourth-order valence-corrected chi connectivity index (χ4v) is 8.40. The van der Waals surface area contributed by atoms with Gasteiger partial charge in [0.15, 0.2) is 24.6 Å². The number of hydrogen-bond donors (Lipinski definition) is 3. The molecule has 12 heteroatoms. The Kier molecular flexibility index (Phi) is 49.1. The van der Waals surface area contributed by atoms with Crippen molar-refractivity contribution in [3.05, 3.63) is 122 Å². The smallest absolute Gasteiger partial charge is 0.335 e. The summed E-state index contributed by atoms with van der Waals surface area (Å²) >= 11 is 0. The van der Waals surface area contributed by atoms with Gasteiger partial charge in [-0.3, -0.25) is 14.4 Å². The Labute approximate surface area is 478 Å². The highest BCUT2D eigenvalue weighted by atomic mass is 16.7. The van der Waals surface area contributed by atoms with E-state index in [2.05, 4.69) is 130 Å². The van der Waals surface area contributed by atoms with Crippen LogP contribution in [0.4, 0.5) is 0 Å². The van der Waals surface area contributed by atoms with Gasteiger partial charge in [-0.2, -0.15) is 0 Å². The lowest BCUT2D eigenvalue weighted by Crippen LogP contribution is -2.61. The zero-order valence-corrected chi connectivity index (χ0v) is 49.1. The standard InChI is InChI=1S/C67H106O12/c1-4-7-10-13-16-19-22-25-27-29-30-32-33-36-38-41-44-47-50-53-59(68)75-56-58(77-60(69)54-51-48-45-42-39-35-24-21-18-15-12-9-6-3)57-76-67-65(63(72)62(71)64(79-67)66(73)74)78-61(70)55-52-49-46-43-40-37-34-31-28-26-23-20-17-14-11-8-5-2/h8-9,11-12,16-21,25-28,34-35,37,39,45,48,58,62-65,67,71-72H,4-7,10,13-15,22-24,29-33,36,38,40-44,46-47,49-57H2,1-3H3,(H,73,74)/b11-8-,12-9-,19-16-,20-17-,21-18-,27-25-,28-26-,37-34-,39-35-,48-45-. The summed E-state index contributed by atoms with van der Waals surface area (Å²) in [6.07, 6.45) is 61.8. The van der Waals surface area contributed by atoms with Gasteiger partial charge in [-0.1, -0.05) is 213 Å². The summed E-state index contributed by atoms with van der Waals surface area (Å²) in [7, 11) is 0. The van der Waals surface area contributed by atoms with E-state index in [0.29, 0.717) is 25.7 Å². The molecule has 0 bridgehead atoms. The maximum atomic E-state index is 13.1. The number of carbonyl (C=O) groups is 4. The first-order chi connectivity index (χ1) is 38.6. The molecule has 1 saturated heterocycles. The third kappa shape index (κ3) is 43.6. The second-order valence-corrected chi connectivity index (χ2v) is 20.2. The summed E-state index contributed by atoms with van der Waals surface area (Å²) in [6, 6.07) is 0. The van der Waals surface area contributed by atoms with Crippen molar-refractivity contribution in [3.63, 3.8) is 0 Å². The number of esters is 3. The largest absolute Gasteiger partial charge is 0.479 e. The Hall–Kier alpha value is -4.88. The van der Waals surface area contributed by atoms with E-state index < -0.39 is 67.3 Å². The minimum atomic E-state index is -1.93. The lowest BCUT2D eigenvalue weighted by molar-refractivity contribution is -0.301. The molecule has 0 amide bonds. The van der Waals surface area contributed by atoms with Crippen LogP contribution in [0.2, 0.25) is 0 Å². The number of carbonyl (C=O) groups excluding carboxylic acids is 3. The molecular weight excluding hydrogens is 997 g/mol. The molecular formula is C67H106O12. The zero-order chi connectivity index (χ0) is 57.5. The topological polar surface area (TPSA) is 175 Å². The van der Waals surface area contributed by atoms with Crippen LogP contribution in [-0.2, 0) is 42.9 Å². The predicted octanol–water partition coefficient (Wildman–Crippen LogP) is 16.0. The van der Waals surface area contributed by atoms with E-state index in [4.69, 9.17) is 23.7 Å². The monoisotopic (exact) mass is 1100 g/mol. The molecule has 1 rings (SSSR count). The SMILES string of the molecule is CC/C=C\C/C=C\C/C=C\C/C=C\CCCCCCC(=O)OC1C(OCC(COC(=O)CCCCCCCCCCC/C=C\C/C=C\CCCCC)OC(=O)CC/C=C\C/C=C\C/C=C\C/C=C\CC)OC(C(=O)O)C(O)C1O. The van der Waals surface area contributed by atoms with Crippen LogP contribution in [0.1, 0.15) is 226 Å². The summed E-state index contributed by atoms with van der Waals surface area (Å²) in [5.41, 5.74) is 0. The molecule has 6 unspecified atom stereocenters. The molecule has 1 fully saturated rings. The van der Waals surface area contributed by atoms with Gasteiger partial charge in [0.25, 0.3) is 0 Å². The summed E-state index contributed by atoms with van der Waals surface area (Å²) in [5.74, 6) is -3.28. The van der Waals surface area contributed by atoms with Crippen molar-refractivity contribution in [2.45, 2.75) is 263 Å².